The maximum atomic E-state index is 13.5. The normalized spacial score (nSPS) is 11.1. The number of aryl methyl sites for hydroxylation is 1. The average molecular weight is 387 g/mol. The first kappa shape index (κ1) is 21.7. The first-order valence-corrected chi connectivity index (χ1v) is 9.63. The van der Waals surface area contributed by atoms with Gasteiger partial charge in [0.05, 0.1) is 6.54 Å². The van der Waals surface area contributed by atoms with Crippen LogP contribution in [-0.2, 0) is 18.4 Å². The molecule has 0 N–H and O–H groups in total. The van der Waals surface area contributed by atoms with Crippen LogP contribution in [0.5, 0.6) is 0 Å². The zero-order chi connectivity index (χ0) is 20.8. The highest BCUT2D eigenvalue weighted by molar-refractivity contribution is 5.96. The molecule has 28 heavy (non-hydrogen) atoms. The van der Waals surface area contributed by atoms with Crippen molar-refractivity contribution in [2.45, 2.75) is 40.3 Å². The van der Waals surface area contributed by atoms with Crippen LogP contribution < -0.4 is 0 Å². The number of aromatic nitrogens is 1. The Morgan fingerprint density at radius 3 is 2.36 bits per heavy atom. The van der Waals surface area contributed by atoms with E-state index < -0.39 is 5.82 Å². The van der Waals surface area contributed by atoms with Gasteiger partial charge in [-0.15, -0.1) is 0 Å². The predicted octanol–water partition coefficient (Wildman–Crippen LogP) is 3.70. The van der Waals surface area contributed by atoms with Gasteiger partial charge in [0.1, 0.15) is 12.4 Å². The summed E-state index contributed by atoms with van der Waals surface area (Å²) in [5, 5.41) is 0. The van der Waals surface area contributed by atoms with Gasteiger partial charge in [-0.25, -0.2) is 4.39 Å². The van der Waals surface area contributed by atoms with Crippen LogP contribution in [0.25, 0.3) is 0 Å². The van der Waals surface area contributed by atoms with E-state index in [4.69, 9.17) is 0 Å². The summed E-state index contributed by atoms with van der Waals surface area (Å²) in [5.41, 5.74) is 1.28. The van der Waals surface area contributed by atoms with E-state index in [9.17, 15) is 14.0 Å². The van der Waals surface area contributed by atoms with E-state index in [2.05, 4.69) is 13.8 Å². The van der Waals surface area contributed by atoms with Crippen LogP contribution in [0.1, 0.15) is 43.7 Å². The fraction of sp³-hybridized carbons (Fsp3) is 0.455. The summed E-state index contributed by atoms with van der Waals surface area (Å²) < 4.78 is 15.5. The van der Waals surface area contributed by atoms with Gasteiger partial charge in [-0.05, 0) is 50.1 Å². The van der Waals surface area contributed by atoms with Crippen LogP contribution in [0, 0.1) is 11.7 Å². The second-order valence-corrected chi connectivity index (χ2v) is 7.82. The van der Waals surface area contributed by atoms with Crippen LogP contribution >= 0.6 is 0 Å². The van der Waals surface area contributed by atoms with Crippen molar-refractivity contribution in [3.63, 3.8) is 0 Å². The number of carbonyl (C=O) groups is 2. The molecule has 0 fully saturated rings. The maximum absolute atomic E-state index is 13.5. The molecule has 152 valence electrons. The minimum atomic E-state index is -0.467. The number of carbonyl (C=O) groups excluding carboxylic acids is 2. The van der Waals surface area contributed by atoms with Crippen molar-refractivity contribution in [3.05, 3.63) is 59.7 Å². The topological polar surface area (TPSA) is 45.6 Å². The number of rotatable bonds is 8. The van der Waals surface area contributed by atoms with Gasteiger partial charge in [-0.2, -0.15) is 0 Å². The van der Waals surface area contributed by atoms with Gasteiger partial charge in [-0.3, -0.25) is 9.59 Å². The van der Waals surface area contributed by atoms with E-state index in [-0.39, 0.29) is 30.0 Å². The molecule has 0 bridgehead atoms. The number of hydrogen-bond acceptors (Lipinski definition) is 2. The second kappa shape index (κ2) is 9.53. The summed E-state index contributed by atoms with van der Waals surface area (Å²) in [6, 6.07) is 9.32. The summed E-state index contributed by atoms with van der Waals surface area (Å²) in [4.78, 5) is 29.2. The lowest BCUT2D eigenvalue weighted by atomic mass is 10.1. The summed E-state index contributed by atoms with van der Waals surface area (Å²) in [7, 11) is 1.95. The molecule has 0 saturated heterocycles. The summed E-state index contributed by atoms with van der Waals surface area (Å²) >= 11 is 0. The van der Waals surface area contributed by atoms with Gasteiger partial charge in [0.25, 0.3) is 5.91 Å². The van der Waals surface area contributed by atoms with Gasteiger partial charge in [-0.1, -0.05) is 19.9 Å². The second-order valence-electron chi connectivity index (χ2n) is 7.82. The molecule has 5 nitrogen and oxygen atoms in total. The molecule has 0 aliphatic heterocycles. The minimum absolute atomic E-state index is 0.0375. The minimum Gasteiger partial charge on any atom is -0.353 e. The van der Waals surface area contributed by atoms with Crippen LogP contribution in [0.15, 0.2) is 42.6 Å². The number of amides is 2. The standard InChI is InChI=1S/C22H30FN3O2/c1-16(2)13-25(14-20-10-7-11-24(20)5)21(27)15-26(17(3)4)22(28)18-8-6-9-19(23)12-18/h6-12,16-17H,13-15H2,1-5H3. The van der Waals surface area contributed by atoms with Crippen LogP contribution in [-0.4, -0.2) is 45.3 Å². The van der Waals surface area contributed by atoms with Crippen molar-refractivity contribution in [1.29, 1.82) is 0 Å². The molecule has 2 aromatic rings. The molecule has 2 rings (SSSR count). The summed E-state index contributed by atoms with van der Waals surface area (Å²) in [6.07, 6.45) is 1.95. The van der Waals surface area contributed by atoms with Crippen molar-refractivity contribution in [1.82, 2.24) is 14.4 Å². The van der Waals surface area contributed by atoms with Crippen molar-refractivity contribution < 1.29 is 14.0 Å². The van der Waals surface area contributed by atoms with E-state index >= 15 is 0 Å². The molecule has 0 aliphatic rings. The number of nitrogens with zero attached hydrogens (tertiary/aromatic N) is 3. The Balaban J connectivity index is 2.19. The van der Waals surface area contributed by atoms with Crippen molar-refractivity contribution >= 4 is 11.8 Å². The third kappa shape index (κ3) is 5.68. The highest BCUT2D eigenvalue weighted by Gasteiger charge is 2.25. The average Bonchev–Trinajstić information content (AvgIpc) is 3.02. The zero-order valence-electron chi connectivity index (χ0n) is 17.4. The summed E-state index contributed by atoms with van der Waals surface area (Å²) in [5.74, 6) is -0.624. The van der Waals surface area contributed by atoms with E-state index in [1.54, 1.807) is 11.0 Å². The monoisotopic (exact) mass is 387 g/mol. The zero-order valence-corrected chi connectivity index (χ0v) is 17.4. The van der Waals surface area contributed by atoms with Gasteiger partial charge in [0, 0.05) is 37.1 Å². The van der Waals surface area contributed by atoms with Gasteiger partial charge in [0.15, 0.2) is 0 Å². The lowest BCUT2D eigenvalue weighted by Crippen LogP contribution is -2.46. The smallest absolute Gasteiger partial charge is 0.254 e. The van der Waals surface area contributed by atoms with Gasteiger partial charge in [0.2, 0.25) is 5.91 Å². The Bertz CT molecular complexity index is 814. The highest BCUT2D eigenvalue weighted by Crippen LogP contribution is 2.13. The third-order valence-electron chi connectivity index (χ3n) is 4.60. The van der Waals surface area contributed by atoms with E-state index in [0.29, 0.717) is 19.0 Å². The first-order valence-electron chi connectivity index (χ1n) is 9.63. The lowest BCUT2D eigenvalue weighted by molar-refractivity contribution is -0.133. The summed E-state index contributed by atoms with van der Waals surface area (Å²) in [6.45, 7) is 8.88. The molecule has 1 aromatic heterocycles. The molecule has 0 unspecified atom stereocenters. The number of halogens is 1. The lowest BCUT2D eigenvalue weighted by Gasteiger charge is -2.31. The highest BCUT2D eigenvalue weighted by atomic mass is 19.1. The Kier molecular flexibility index (Phi) is 7.38. The molecule has 1 heterocycles. The largest absolute Gasteiger partial charge is 0.353 e. The van der Waals surface area contributed by atoms with E-state index in [1.165, 1.54) is 23.1 Å². The van der Waals surface area contributed by atoms with Gasteiger partial charge < -0.3 is 14.4 Å². The van der Waals surface area contributed by atoms with Crippen molar-refractivity contribution in [2.24, 2.45) is 13.0 Å². The third-order valence-corrected chi connectivity index (χ3v) is 4.60. The molecule has 1 aromatic carbocycles. The Hall–Kier alpha value is -2.63. The van der Waals surface area contributed by atoms with Crippen molar-refractivity contribution in [2.75, 3.05) is 13.1 Å². The SMILES string of the molecule is CC(C)CN(Cc1cccn1C)C(=O)CN(C(=O)c1cccc(F)c1)C(C)C. The van der Waals surface area contributed by atoms with Crippen LogP contribution in [0.3, 0.4) is 0 Å². The Morgan fingerprint density at radius 1 is 1.11 bits per heavy atom. The predicted molar refractivity (Wildman–Crippen MR) is 108 cm³/mol. The van der Waals surface area contributed by atoms with Gasteiger partial charge >= 0.3 is 0 Å². The van der Waals surface area contributed by atoms with Crippen LogP contribution in [0.2, 0.25) is 0 Å². The molecule has 2 amide bonds. The van der Waals surface area contributed by atoms with E-state index in [1.807, 2.05) is 43.8 Å². The number of benzene rings is 1. The first-order chi connectivity index (χ1) is 13.2. The van der Waals surface area contributed by atoms with Crippen molar-refractivity contribution in [3.8, 4) is 0 Å². The molecule has 0 aliphatic carbocycles. The molecule has 6 heteroatoms. The fourth-order valence-corrected chi connectivity index (χ4v) is 3.07. The molecular weight excluding hydrogens is 357 g/mol. The van der Waals surface area contributed by atoms with Crippen LogP contribution in [0.4, 0.5) is 4.39 Å². The quantitative estimate of drug-likeness (QED) is 0.693. The van der Waals surface area contributed by atoms with E-state index in [0.717, 1.165) is 5.69 Å². The maximum Gasteiger partial charge on any atom is 0.254 e. The molecular formula is C22H30FN3O2. The fourth-order valence-electron chi connectivity index (χ4n) is 3.07. The Labute approximate surface area is 166 Å². The molecule has 0 atom stereocenters. The molecule has 0 radical (unpaired) electrons. The number of hydrogen-bond donors (Lipinski definition) is 0. The Morgan fingerprint density at radius 2 is 1.82 bits per heavy atom. The molecule has 0 saturated carbocycles. The molecule has 0 spiro atoms.